The monoisotopic (exact) mass is 296 g/mol. The van der Waals surface area contributed by atoms with Crippen molar-refractivity contribution >= 4 is 17.4 Å². The molecule has 1 aromatic heterocycles. The van der Waals surface area contributed by atoms with Crippen molar-refractivity contribution in [3.63, 3.8) is 0 Å². The molecule has 6 heteroatoms. The van der Waals surface area contributed by atoms with Crippen LogP contribution in [0.1, 0.15) is 16.1 Å². The minimum absolute atomic E-state index is 0.151. The molecule has 20 heavy (non-hydrogen) atoms. The van der Waals surface area contributed by atoms with E-state index < -0.39 is 0 Å². The van der Waals surface area contributed by atoms with E-state index in [0.29, 0.717) is 23.9 Å². The van der Waals surface area contributed by atoms with E-state index in [1.54, 1.807) is 19.2 Å². The molecule has 0 atom stereocenters. The van der Waals surface area contributed by atoms with Gasteiger partial charge in [-0.15, -0.1) is 0 Å². The van der Waals surface area contributed by atoms with E-state index >= 15 is 0 Å². The summed E-state index contributed by atoms with van der Waals surface area (Å²) in [6.45, 7) is 0.891. The van der Waals surface area contributed by atoms with Crippen LogP contribution in [0.3, 0.4) is 0 Å². The summed E-state index contributed by atoms with van der Waals surface area (Å²) < 4.78 is 19.3. The summed E-state index contributed by atoms with van der Waals surface area (Å²) in [5, 5.41) is 4.37. The number of hydrogen-bond donors (Lipinski definition) is 0. The first kappa shape index (κ1) is 14.7. The maximum absolute atomic E-state index is 12.8. The highest BCUT2D eigenvalue weighted by Gasteiger charge is 2.17. The Labute approximate surface area is 121 Å². The van der Waals surface area contributed by atoms with Crippen molar-refractivity contribution in [1.82, 2.24) is 9.78 Å². The minimum Gasteiger partial charge on any atom is -0.383 e. The van der Waals surface area contributed by atoms with Crippen molar-refractivity contribution in [3.8, 4) is 0 Å². The Hall–Kier alpha value is -1.72. The van der Waals surface area contributed by atoms with Crippen molar-refractivity contribution in [2.24, 2.45) is 0 Å². The molecule has 0 bridgehead atoms. The third kappa shape index (κ3) is 3.43. The Balaban J connectivity index is 2.16. The van der Waals surface area contributed by atoms with Crippen LogP contribution in [0.5, 0.6) is 0 Å². The lowest BCUT2D eigenvalue weighted by atomic mass is 10.1. The van der Waals surface area contributed by atoms with Gasteiger partial charge in [0.15, 0.2) is 5.78 Å². The maximum Gasteiger partial charge on any atom is 0.186 e. The van der Waals surface area contributed by atoms with Crippen LogP contribution in [0.4, 0.5) is 4.39 Å². The molecule has 0 spiro atoms. The van der Waals surface area contributed by atoms with Gasteiger partial charge in [-0.05, 0) is 17.7 Å². The number of aromatic nitrogens is 2. The predicted octanol–water partition coefficient (Wildman–Crippen LogP) is 2.75. The van der Waals surface area contributed by atoms with Crippen LogP contribution < -0.4 is 0 Å². The fourth-order valence-electron chi connectivity index (χ4n) is 1.86. The van der Waals surface area contributed by atoms with Crippen molar-refractivity contribution in [2.75, 3.05) is 13.7 Å². The third-order valence-electron chi connectivity index (χ3n) is 2.84. The van der Waals surface area contributed by atoms with Crippen LogP contribution in [-0.4, -0.2) is 29.3 Å². The zero-order chi connectivity index (χ0) is 14.5. The summed E-state index contributed by atoms with van der Waals surface area (Å²) >= 11 is 6.01. The molecule has 2 rings (SSSR count). The average molecular weight is 297 g/mol. The van der Waals surface area contributed by atoms with Gasteiger partial charge in [-0.1, -0.05) is 23.7 Å². The number of Topliss-reactive ketones (excluding diaryl/α,β-unsaturated/α-hetero) is 1. The number of rotatable bonds is 6. The van der Waals surface area contributed by atoms with Gasteiger partial charge in [0, 0.05) is 13.5 Å². The summed E-state index contributed by atoms with van der Waals surface area (Å²) in [6, 6.07) is 5.81. The Kier molecular flexibility index (Phi) is 4.87. The van der Waals surface area contributed by atoms with E-state index in [4.69, 9.17) is 16.3 Å². The molecular formula is C14H14ClFN2O2. The number of carbonyl (C=O) groups is 1. The molecule has 0 unspecified atom stereocenters. The largest absolute Gasteiger partial charge is 0.383 e. The fraction of sp³-hybridized carbons (Fsp3) is 0.286. The Morgan fingerprint density at radius 3 is 2.75 bits per heavy atom. The van der Waals surface area contributed by atoms with E-state index in [-0.39, 0.29) is 18.0 Å². The molecule has 0 amide bonds. The Morgan fingerprint density at radius 2 is 2.10 bits per heavy atom. The molecule has 1 aromatic carbocycles. The standard InChI is InChI=1S/C14H14ClFN2O2/c1-20-7-6-18-14(12(15)9-17-18)13(19)8-10-2-4-11(16)5-3-10/h2-5,9H,6-8H2,1H3. The third-order valence-corrected chi connectivity index (χ3v) is 3.12. The number of benzene rings is 1. The number of methoxy groups -OCH3 is 1. The van der Waals surface area contributed by atoms with Gasteiger partial charge in [0.05, 0.1) is 24.4 Å². The van der Waals surface area contributed by atoms with E-state index in [0.717, 1.165) is 5.56 Å². The fourth-order valence-corrected chi connectivity index (χ4v) is 2.10. The van der Waals surface area contributed by atoms with Crippen molar-refractivity contribution in [2.45, 2.75) is 13.0 Å². The number of halogens is 2. The summed E-state index contributed by atoms with van der Waals surface area (Å²) in [5.41, 5.74) is 1.08. The molecule has 0 aliphatic heterocycles. The van der Waals surface area contributed by atoms with E-state index in [9.17, 15) is 9.18 Å². The van der Waals surface area contributed by atoms with Gasteiger partial charge >= 0.3 is 0 Å². The second kappa shape index (κ2) is 6.63. The minimum atomic E-state index is -0.329. The molecule has 106 valence electrons. The molecule has 2 aromatic rings. The number of ether oxygens (including phenoxy) is 1. The maximum atomic E-state index is 12.8. The van der Waals surface area contributed by atoms with Crippen LogP contribution in [-0.2, 0) is 17.7 Å². The van der Waals surface area contributed by atoms with Gasteiger partial charge < -0.3 is 4.74 Å². The van der Waals surface area contributed by atoms with Crippen LogP contribution in [0, 0.1) is 5.82 Å². The van der Waals surface area contributed by atoms with E-state index in [1.165, 1.54) is 23.0 Å². The zero-order valence-electron chi connectivity index (χ0n) is 11.0. The molecule has 0 radical (unpaired) electrons. The Bertz CT molecular complexity index is 596. The van der Waals surface area contributed by atoms with E-state index in [2.05, 4.69) is 5.10 Å². The SMILES string of the molecule is COCCn1ncc(Cl)c1C(=O)Cc1ccc(F)cc1. The number of nitrogens with zero attached hydrogens (tertiary/aromatic N) is 2. The molecule has 0 N–H and O–H groups in total. The summed E-state index contributed by atoms with van der Waals surface area (Å²) in [6.07, 6.45) is 1.59. The van der Waals surface area contributed by atoms with Crippen LogP contribution in [0.15, 0.2) is 30.5 Å². The molecule has 0 aliphatic carbocycles. The highest BCUT2D eigenvalue weighted by molar-refractivity contribution is 6.33. The summed E-state index contributed by atoms with van der Waals surface area (Å²) in [7, 11) is 1.57. The smallest absolute Gasteiger partial charge is 0.186 e. The first-order valence-electron chi connectivity index (χ1n) is 6.09. The van der Waals surface area contributed by atoms with Gasteiger partial charge in [-0.25, -0.2) is 4.39 Å². The second-order valence-corrected chi connectivity index (χ2v) is 4.69. The molecular weight excluding hydrogens is 283 g/mol. The predicted molar refractivity (Wildman–Crippen MR) is 73.5 cm³/mol. The molecule has 0 aliphatic rings. The van der Waals surface area contributed by atoms with Gasteiger partial charge in [0.1, 0.15) is 11.5 Å². The van der Waals surface area contributed by atoms with Crippen molar-refractivity contribution in [1.29, 1.82) is 0 Å². The van der Waals surface area contributed by atoms with E-state index in [1.807, 2.05) is 0 Å². The van der Waals surface area contributed by atoms with Crippen LogP contribution >= 0.6 is 11.6 Å². The number of carbonyl (C=O) groups excluding carboxylic acids is 1. The highest BCUT2D eigenvalue weighted by Crippen LogP contribution is 2.18. The summed E-state index contributed by atoms with van der Waals surface area (Å²) in [4.78, 5) is 12.3. The van der Waals surface area contributed by atoms with Gasteiger partial charge in [-0.3, -0.25) is 9.48 Å². The average Bonchev–Trinajstić information content (AvgIpc) is 2.80. The molecule has 0 saturated carbocycles. The van der Waals surface area contributed by atoms with Gasteiger partial charge in [0.25, 0.3) is 0 Å². The molecule has 4 nitrogen and oxygen atoms in total. The topological polar surface area (TPSA) is 44.1 Å². The van der Waals surface area contributed by atoms with Crippen molar-refractivity contribution in [3.05, 3.63) is 52.6 Å². The van der Waals surface area contributed by atoms with Crippen LogP contribution in [0.25, 0.3) is 0 Å². The second-order valence-electron chi connectivity index (χ2n) is 4.28. The summed E-state index contributed by atoms with van der Waals surface area (Å²) in [5.74, 6) is -0.487. The van der Waals surface area contributed by atoms with Crippen LogP contribution in [0.2, 0.25) is 5.02 Å². The van der Waals surface area contributed by atoms with Gasteiger partial charge in [-0.2, -0.15) is 5.10 Å². The Morgan fingerprint density at radius 1 is 1.40 bits per heavy atom. The van der Waals surface area contributed by atoms with Crippen molar-refractivity contribution < 1.29 is 13.9 Å². The molecule has 1 heterocycles. The number of hydrogen-bond acceptors (Lipinski definition) is 3. The lowest BCUT2D eigenvalue weighted by Crippen LogP contribution is -2.15. The first-order valence-corrected chi connectivity index (χ1v) is 6.47. The molecule has 0 saturated heterocycles. The molecule has 0 fully saturated rings. The number of ketones is 1. The normalized spacial score (nSPS) is 10.8. The van der Waals surface area contributed by atoms with Gasteiger partial charge in [0.2, 0.25) is 0 Å². The highest BCUT2D eigenvalue weighted by atomic mass is 35.5. The first-order chi connectivity index (χ1) is 9.61. The quantitative estimate of drug-likeness (QED) is 0.770. The lowest BCUT2D eigenvalue weighted by molar-refractivity contribution is 0.0979. The zero-order valence-corrected chi connectivity index (χ0v) is 11.7. The lowest BCUT2D eigenvalue weighted by Gasteiger charge is -2.07.